The molecular formula is C21H19ClN4O2S2. The Bertz CT molecular complexity index is 1080. The fourth-order valence-electron chi connectivity index (χ4n) is 3.04. The Kier molecular flexibility index (Phi) is 6.17. The number of amidine groups is 2. The molecule has 0 fully saturated rings. The van der Waals surface area contributed by atoms with E-state index in [0.29, 0.717) is 27.0 Å². The van der Waals surface area contributed by atoms with Gasteiger partial charge in [0, 0.05) is 15.8 Å². The zero-order valence-corrected chi connectivity index (χ0v) is 18.8. The van der Waals surface area contributed by atoms with Crippen molar-refractivity contribution in [2.75, 3.05) is 0 Å². The molecule has 0 saturated heterocycles. The van der Waals surface area contributed by atoms with E-state index < -0.39 is 5.91 Å². The van der Waals surface area contributed by atoms with Crippen molar-refractivity contribution in [1.82, 2.24) is 5.01 Å². The van der Waals surface area contributed by atoms with Gasteiger partial charge in [-0.15, -0.1) is 0 Å². The lowest BCUT2D eigenvalue weighted by Gasteiger charge is -2.19. The highest BCUT2D eigenvalue weighted by atomic mass is 35.5. The Hall–Kier alpha value is -2.29. The van der Waals surface area contributed by atoms with Gasteiger partial charge in [0.2, 0.25) is 5.17 Å². The molecule has 1 N–H and O–H groups in total. The number of aliphatic imine (C=N–C) groups is 1. The SMILES string of the molecule is CCC(CC)C1=NN2C(=N)/C(=C/c3ccc(Sc4ccc(Cl)cc4)o3)C(=O)N=C2S1. The van der Waals surface area contributed by atoms with Crippen LogP contribution in [0, 0.1) is 11.3 Å². The van der Waals surface area contributed by atoms with Crippen LogP contribution in [0.1, 0.15) is 32.4 Å². The minimum atomic E-state index is -0.456. The number of carbonyl (C=O) groups excluding carboxylic acids is 1. The third-order valence-electron chi connectivity index (χ3n) is 4.73. The monoisotopic (exact) mass is 458 g/mol. The van der Waals surface area contributed by atoms with Crippen LogP contribution in [-0.2, 0) is 4.79 Å². The lowest BCUT2D eigenvalue weighted by atomic mass is 10.1. The van der Waals surface area contributed by atoms with E-state index in [1.54, 1.807) is 12.1 Å². The van der Waals surface area contributed by atoms with E-state index in [1.165, 1.54) is 28.5 Å². The van der Waals surface area contributed by atoms with Crippen molar-refractivity contribution in [1.29, 1.82) is 5.41 Å². The summed E-state index contributed by atoms with van der Waals surface area (Å²) in [5, 5.41) is 17.2. The van der Waals surface area contributed by atoms with Crippen molar-refractivity contribution in [3.05, 3.63) is 52.8 Å². The number of hydrazone groups is 1. The van der Waals surface area contributed by atoms with Gasteiger partial charge in [0.15, 0.2) is 10.9 Å². The second kappa shape index (κ2) is 8.83. The van der Waals surface area contributed by atoms with Crippen LogP contribution in [0.4, 0.5) is 0 Å². The summed E-state index contributed by atoms with van der Waals surface area (Å²) < 4.78 is 5.82. The number of nitrogens with zero attached hydrogens (tertiary/aromatic N) is 3. The fourth-order valence-corrected chi connectivity index (χ4v) is 5.10. The van der Waals surface area contributed by atoms with Crippen molar-refractivity contribution >= 4 is 63.2 Å². The molecule has 0 aliphatic carbocycles. The molecule has 0 bridgehead atoms. The Morgan fingerprint density at radius 3 is 2.67 bits per heavy atom. The van der Waals surface area contributed by atoms with Gasteiger partial charge in [0.05, 0.1) is 5.57 Å². The lowest BCUT2D eigenvalue weighted by molar-refractivity contribution is -0.114. The van der Waals surface area contributed by atoms with Crippen molar-refractivity contribution < 1.29 is 9.21 Å². The van der Waals surface area contributed by atoms with E-state index >= 15 is 0 Å². The molecule has 6 nitrogen and oxygen atoms in total. The van der Waals surface area contributed by atoms with Crippen LogP contribution in [0.15, 0.2) is 66.5 Å². The number of hydrogen-bond acceptors (Lipinski definition) is 6. The summed E-state index contributed by atoms with van der Waals surface area (Å²) in [5.41, 5.74) is 0.159. The van der Waals surface area contributed by atoms with Gasteiger partial charge in [-0.3, -0.25) is 10.2 Å². The molecule has 2 aromatic rings. The Balaban J connectivity index is 1.55. The zero-order chi connectivity index (χ0) is 21.3. The first-order chi connectivity index (χ1) is 14.5. The number of amides is 1. The third kappa shape index (κ3) is 4.26. The maximum atomic E-state index is 12.6. The van der Waals surface area contributed by atoms with Crippen LogP contribution in [0.3, 0.4) is 0 Å². The first kappa shape index (κ1) is 21.0. The molecular weight excluding hydrogens is 440 g/mol. The predicted molar refractivity (Wildman–Crippen MR) is 123 cm³/mol. The van der Waals surface area contributed by atoms with Gasteiger partial charge in [-0.05, 0) is 67.1 Å². The van der Waals surface area contributed by atoms with Gasteiger partial charge in [-0.1, -0.05) is 37.2 Å². The summed E-state index contributed by atoms with van der Waals surface area (Å²) in [6.07, 6.45) is 3.45. The number of benzene rings is 1. The van der Waals surface area contributed by atoms with Gasteiger partial charge < -0.3 is 4.42 Å². The van der Waals surface area contributed by atoms with Crippen LogP contribution < -0.4 is 0 Å². The molecule has 154 valence electrons. The van der Waals surface area contributed by atoms with Gasteiger partial charge in [-0.2, -0.15) is 15.1 Å². The van der Waals surface area contributed by atoms with Crippen LogP contribution in [0.25, 0.3) is 6.08 Å². The Morgan fingerprint density at radius 1 is 1.23 bits per heavy atom. The number of furan rings is 1. The molecule has 0 saturated carbocycles. The third-order valence-corrected chi connectivity index (χ3v) is 6.98. The van der Waals surface area contributed by atoms with Crippen LogP contribution >= 0.6 is 35.1 Å². The minimum Gasteiger partial charge on any atom is -0.450 e. The number of carbonyl (C=O) groups is 1. The highest BCUT2D eigenvalue weighted by molar-refractivity contribution is 8.27. The summed E-state index contributed by atoms with van der Waals surface area (Å²) >= 11 is 8.74. The first-order valence-corrected chi connectivity index (χ1v) is 11.5. The number of fused-ring (bicyclic) bond motifs is 1. The largest absolute Gasteiger partial charge is 0.450 e. The maximum Gasteiger partial charge on any atom is 0.283 e. The van der Waals surface area contributed by atoms with Gasteiger partial charge in [-0.25, -0.2) is 0 Å². The van der Waals surface area contributed by atoms with E-state index in [4.69, 9.17) is 21.4 Å². The normalized spacial score (nSPS) is 17.6. The Morgan fingerprint density at radius 2 is 1.97 bits per heavy atom. The zero-order valence-electron chi connectivity index (χ0n) is 16.4. The number of halogens is 1. The molecule has 2 aliphatic rings. The predicted octanol–water partition coefficient (Wildman–Crippen LogP) is 6.14. The van der Waals surface area contributed by atoms with Gasteiger partial charge in [0.25, 0.3) is 5.91 Å². The molecule has 1 amide bonds. The van der Waals surface area contributed by atoms with Crippen LogP contribution in [-0.4, -0.2) is 27.0 Å². The lowest BCUT2D eigenvalue weighted by Crippen LogP contribution is -2.35. The average molecular weight is 459 g/mol. The van der Waals surface area contributed by atoms with Crippen molar-refractivity contribution in [2.45, 2.75) is 36.7 Å². The molecule has 3 heterocycles. The molecule has 0 spiro atoms. The Labute approximate surface area is 188 Å². The standard InChI is InChI=1S/C21H19ClN4O2S2/c1-3-12(4-2)20-25-26-18(23)16(19(27)24-21(26)30-20)11-14-7-10-17(28-14)29-15-8-5-13(22)6-9-15/h5-12,23H,3-4H2,1-2H3/b16-11-,23-18?. The summed E-state index contributed by atoms with van der Waals surface area (Å²) in [4.78, 5) is 17.7. The van der Waals surface area contributed by atoms with Crippen molar-refractivity contribution in [2.24, 2.45) is 16.0 Å². The summed E-state index contributed by atoms with van der Waals surface area (Å²) in [6, 6.07) is 11.0. The molecule has 0 atom stereocenters. The van der Waals surface area contributed by atoms with Gasteiger partial charge in [0.1, 0.15) is 10.8 Å². The molecule has 4 rings (SSSR count). The quantitative estimate of drug-likeness (QED) is 0.525. The maximum absolute atomic E-state index is 12.6. The van der Waals surface area contributed by atoms with Crippen LogP contribution in [0.5, 0.6) is 0 Å². The van der Waals surface area contributed by atoms with E-state index in [-0.39, 0.29) is 11.4 Å². The van der Waals surface area contributed by atoms with Gasteiger partial charge >= 0.3 is 0 Å². The second-order valence-electron chi connectivity index (χ2n) is 6.68. The number of rotatable bonds is 6. The first-order valence-electron chi connectivity index (χ1n) is 9.51. The molecule has 9 heteroatoms. The molecule has 30 heavy (non-hydrogen) atoms. The number of hydrogen-bond donors (Lipinski definition) is 1. The fraction of sp³-hybridized carbons (Fsp3) is 0.238. The minimum absolute atomic E-state index is 0.0155. The molecule has 1 aromatic carbocycles. The smallest absolute Gasteiger partial charge is 0.283 e. The van der Waals surface area contributed by atoms with E-state index in [2.05, 4.69) is 23.9 Å². The highest BCUT2D eigenvalue weighted by Gasteiger charge is 2.37. The second-order valence-corrected chi connectivity index (χ2v) is 9.19. The molecule has 0 radical (unpaired) electrons. The summed E-state index contributed by atoms with van der Waals surface area (Å²) in [6.45, 7) is 4.21. The average Bonchev–Trinajstić information content (AvgIpc) is 3.35. The summed E-state index contributed by atoms with van der Waals surface area (Å²) in [5.74, 6) is 0.343. The topological polar surface area (TPSA) is 82.0 Å². The highest BCUT2D eigenvalue weighted by Crippen LogP contribution is 2.34. The molecule has 1 aromatic heterocycles. The van der Waals surface area contributed by atoms with E-state index in [9.17, 15) is 4.79 Å². The number of thioether (sulfide) groups is 1. The van der Waals surface area contributed by atoms with Crippen molar-refractivity contribution in [3.8, 4) is 0 Å². The van der Waals surface area contributed by atoms with E-state index in [1.807, 2.05) is 30.3 Å². The van der Waals surface area contributed by atoms with Crippen LogP contribution in [0.2, 0.25) is 5.02 Å². The molecule has 2 aliphatic heterocycles. The van der Waals surface area contributed by atoms with Crippen molar-refractivity contribution in [3.63, 3.8) is 0 Å². The van der Waals surface area contributed by atoms with E-state index in [0.717, 1.165) is 22.8 Å². The molecule has 0 unspecified atom stereocenters. The summed E-state index contributed by atoms with van der Waals surface area (Å²) in [7, 11) is 0. The number of nitrogens with one attached hydrogen (secondary N) is 1.